The second-order valence-electron chi connectivity index (χ2n) is 5.06. The van der Waals surface area contributed by atoms with Crippen LogP contribution in [0, 0.1) is 13.0 Å². The van der Waals surface area contributed by atoms with E-state index in [0.29, 0.717) is 0 Å². The van der Waals surface area contributed by atoms with Gasteiger partial charge in [0.05, 0.1) is 0 Å². The second-order valence-corrected chi connectivity index (χ2v) is 6.20. The molecule has 1 nitrogen and oxygen atoms in total. The predicted molar refractivity (Wildman–Crippen MR) is 90.5 cm³/mol. The summed E-state index contributed by atoms with van der Waals surface area (Å²) in [7, 11) is 0. The molecule has 0 heterocycles. The van der Waals surface area contributed by atoms with Crippen molar-refractivity contribution in [2.75, 3.05) is 0 Å². The van der Waals surface area contributed by atoms with Crippen LogP contribution < -0.4 is 0 Å². The van der Waals surface area contributed by atoms with E-state index < -0.39 is 0 Å². The molecule has 0 spiro atoms. The largest absolute Gasteiger partial charge is 0.289 e. The molecule has 0 saturated heterocycles. The summed E-state index contributed by atoms with van der Waals surface area (Å²) in [6.07, 6.45) is 0. The van der Waals surface area contributed by atoms with Crippen LogP contribution in [0.5, 0.6) is 0 Å². The average molecular weight is 392 g/mol. The van der Waals surface area contributed by atoms with Gasteiger partial charge < -0.3 is 0 Å². The number of rotatable bonds is 4. The van der Waals surface area contributed by atoms with Crippen molar-refractivity contribution in [2.24, 2.45) is 0 Å². The molecule has 0 N–H and O–H groups in total. The Labute approximate surface area is 166 Å². The van der Waals surface area contributed by atoms with Gasteiger partial charge in [-0.2, -0.15) is 30.3 Å². The molecule has 0 aromatic heterocycles. The number of benzene rings is 3. The van der Waals surface area contributed by atoms with Gasteiger partial charge in [0.25, 0.3) is 0 Å². The van der Waals surface area contributed by atoms with Gasteiger partial charge >= 0.3 is 0 Å². The summed E-state index contributed by atoms with van der Waals surface area (Å²) in [5.74, 6) is 0.0610. The third-order valence-electron chi connectivity index (χ3n) is 3.35. The summed E-state index contributed by atoms with van der Waals surface area (Å²) in [5, 5.41) is 0. The van der Waals surface area contributed by atoms with Crippen LogP contribution in [0.25, 0.3) is 0 Å². The van der Waals surface area contributed by atoms with E-state index in [2.05, 4.69) is 6.07 Å². The van der Waals surface area contributed by atoms with E-state index in [4.69, 9.17) is 0 Å². The Morgan fingerprint density at radius 1 is 0.783 bits per heavy atom. The molecular weight excluding hydrogens is 377 g/mol. The molecule has 0 saturated carbocycles. The zero-order valence-electron chi connectivity index (χ0n) is 12.8. The molecule has 0 atom stereocenters. The smallest absolute Gasteiger partial charge is 0.193 e. The Balaban J connectivity index is 0.00000192. The van der Waals surface area contributed by atoms with Crippen LogP contribution in [0.1, 0.15) is 21.5 Å². The monoisotopic (exact) mass is 392 g/mol. The number of hydrogen-bond donors (Lipinski definition) is 0. The molecule has 0 aliphatic carbocycles. The van der Waals surface area contributed by atoms with Crippen molar-refractivity contribution in [1.29, 1.82) is 0 Å². The van der Waals surface area contributed by atoms with Gasteiger partial charge in [-0.15, -0.1) is 11.8 Å². The summed E-state index contributed by atoms with van der Waals surface area (Å²) in [4.78, 5) is 14.7. The van der Waals surface area contributed by atoms with E-state index in [-0.39, 0.29) is 38.5 Å². The summed E-state index contributed by atoms with van der Waals surface area (Å²) >= 11 is 1.67. The van der Waals surface area contributed by atoms with Gasteiger partial charge in [-0.3, -0.25) is 4.79 Å². The topological polar surface area (TPSA) is 17.1 Å². The van der Waals surface area contributed by atoms with E-state index >= 15 is 0 Å². The standard InChI is InChI=1S/C20H15OS.Y/c1-15-7-9-16(10-8-15)20(21)17-11-13-19(14-12-17)22-18-5-3-2-4-6-18;/h3-14H,1H3;/q-1;. The van der Waals surface area contributed by atoms with Gasteiger partial charge in [0.1, 0.15) is 0 Å². The molecule has 3 rings (SSSR count). The van der Waals surface area contributed by atoms with Gasteiger partial charge in [0.2, 0.25) is 0 Å². The zero-order chi connectivity index (χ0) is 15.4. The zero-order valence-corrected chi connectivity index (χ0v) is 16.5. The Morgan fingerprint density at radius 3 is 1.83 bits per heavy atom. The normalized spacial score (nSPS) is 9.96. The molecule has 23 heavy (non-hydrogen) atoms. The average Bonchev–Trinajstić information content (AvgIpc) is 2.57. The molecule has 3 aromatic rings. The van der Waals surface area contributed by atoms with E-state index in [1.807, 2.05) is 79.7 Å². The molecule has 0 amide bonds. The molecule has 0 aliphatic heterocycles. The minimum Gasteiger partial charge on any atom is -0.289 e. The molecule has 1 radical (unpaired) electrons. The SMILES string of the molecule is Cc1ccc(C(=O)c2ccc(Sc3cc[c-]cc3)cc2)cc1.[Y]. The molecular formula is C20H15OSY-. The molecule has 0 bridgehead atoms. The Kier molecular flexibility index (Phi) is 6.77. The van der Waals surface area contributed by atoms with Gasteiger partial charge in [-0.05, 0) is 31.2 Å². The van der Waals surface area contributed by atoms with Crippen LogP contribution >= 0.6 is 11.8 Å². The maximum atomic E-state index is 12.4. The number of carbonyl (C=O) groups is 1. The Hall–Kier alpha value is -1.22. The third kappa shape index (κ3) is 4.88. The summed E-state index contributed by atoms with van der Waals surface area (Å²) in [5.41, 5.74) is 2.60. The van der Waals surface area contributed by atoms with E-state index in [1.54, 1.807) is 11.8 Å². The van der Waals surface area contributed by atoms with E-state index in [0.717, 1.165) is 26.5 Å². The van der Waals surface area contributed by atoms with Gasteiger partial charge in [0.15, 0.2) is 5.78 Å². The molecule has 111 valence electrons. The number of aryl methyl sites for hydroxylation is 1. The Morgan fingerprint density at radius 2 is 1.26 bits per heavy atom. The predicted octanol–water partition coefficient (Wildman–Crippen LogP) is 5.17. The van der Waals surface area contributed by atoms with Crippen LogP contribution in [0.3, 0.4) is 0 Å². The van der Waals surface area contributed by atoms with Crippen molar-refractivity contribution >= 4 is 17.5 Å². The van der Waals surface area contributed by atoms with Gasteiger partial charge in [-0.1, -0.05) is 34.7 Å². The molecule has 0 fully saturated rings. The van der Waals surface area contributed by atoms with Crippen molar-refractivity contribution in [3.05, 3.63) is 95.6 Å². The maximum absolute atomic E-state index is 12.4. The van der Waals surface area contributed by atoms with Gasteiger partial charge in [-0.25, -0.2) is 0 Å². The van der Waals surface area contributed by atoms with Crippen molar-refractivity contribution in [2.45, 2.75) is 16.7 Å². The minimum absolute atomic E-state index is 0. The fraction of sp³-hybridized carbons (Fsp3) is 0.0500. The molecule has 3 heteroatoms. The first kappa shape index (κ1) is 18.1. The number of carbonyl (C=O) groups excluding carboxylic acids is 1. The Bertz CT molecular complexity index is 765. The van der Waals surface area contributed by atoms with Crippen LogP contribution in [0.4, 0.5) is 0 Å². The van der Waals surface area contributed by atoms with Crippen molar-refractivity contribution in [3.63, 3.8) is 0 Å². The molecule has 0 unspecified atom stereocenters. The molecule has 3 aromatic carbocycles. The quantitative estimate of drug-likeness (QED) is 0.450. The molecule has 0 aliphatic rings. The van der Waals surface area contributed by atoms with Crippen molar-refractivity contribution < 1.29 is 37.5 Å². The fourth-order valence-corrected chi connectivity index (χ4v) is 2.94. The van der Waals surface area contributed by atoms with Gasteiger partial charge in [0, 0.05) is 48.7 Å². The third-order valence-corrected chi connectivity index (χ3v) is 4.37. The minimum atomic E-state index is 0. The first-order chi connectivity index (χ1) is 10.7. The van der Waals surface area contributed by atoms with Crippen LogP contribution in [-0.2, 0) is 32.7 Å². The van der Waals surface area contributed by atoms with E-state index in [1.165, 1.54) is 0 Å². The van der Waals surface area contributed by atoms with Crippen LogP contribution in [0.2, 0.25) is 0 Å². The van der Waals surface area contributed by atoms with Crippen LogP contribution in [-0.4, -0.2) is 5.78 Å². The second kappa shape index (κ2) is 8.58. The summed E-state index contributed by atoms with van der Waals surface area (Å²) in [6.45, 7) is 2.02. The first-order valence-electron chi connectivity index (χ1n) is 7.08. The number of hydrogen-bond acceptors (Lipinski definition) is 2. The number of ketones is 1. The summed E-state index contributed by atoms with van der Waals surface area (Å²) in [6, 6.07) is 26.3. The van der Waals surface area contributed by atoms with E-state index in [9.17, 15) is 4.79 Å². The van der Waals surface area contributed by atoms with Crippen LogP contribution in [0.15, 0.2) is 82.6 Å². The van der Waals surface area contributed by atoms with Crippen molar-refractivity contribution in [1.82, 2.24) is 0 Å². The fourth-order valence-electron chi connectivity index (χ4n) is 2.12. The van der Waals surface area contributed by atoms with Crippen molar-refractivity contribution in [3.8, 4) is 0 Å². The maximum Gasteiger partial charge on any atom is 0.193 e. The first-order valence-corrected chi connectivity index (χ1v) is 7.89. The summed E-state index contributed by atoms with van der Waals surface area (Å²) < 4.78 is 0.